The van der Waals surface area contributed by atoms with E-state index >= 15 is 0 Å². The largest absolute Gasteiger partial charge is 0.351 e. The number of nitrogens with zero attached hydrogens (tertiary/aromatic N) is 2. The minimum atomic E-state index is -2.79. The number of nitrogens with one attached hydrogen (secondary N) is 2. The number of alkyl halides is 2. The Bertz CT molecular complexity index is 1230. The van der Waals surface area contributed by atoms with E-state index in [1.165, 1.54) is 13.8 Å². The fraction of sp³-hybridized carbons (Fsp3) is 0.333. The summed E-state index contributed by atoms with van der Waals surface area (Å²) in [7, 11) is 0. The molecule has 0 unspecified atom stereocenters. The highest BCUT2D eigenvalue weighted by atomic mass is 35.5. The Morgan fingerprint density at radius 2 is 1.88 bits per heavy atom. The monoisotopic (exact) mass is 474 g/mol. The van der Waals surface area contributed by atoms with Gasteiger partial charge < -0.3 is 5.32 Å². The zero-order chi connectivity index (χ0) is 24.3. The second-order valence-corrected chi connectivity index (χ2v) is 9.03. The molecule has 0 aliphatic heterocycles. The van der Waals surface area contributed by atoms with Gasteiger partial charge in [-0.3, -0.25) is 9.78 Å². The lowest BCUT2D eigenvalue weighted by Crippen LogP contribution is -2.41. The van der Waals surface area contributed by atoms with Crippen LogP contribution in [0.15, 0.2) is 47.3 Å². The van der Waals surface area contributed by atoms with Crippen LogP contribution in [0.1, 0.15) is 44.7 Å². The van der Waals surface area contributed by atoms with E-state index in [0.717, 1.165) is 5.56 Å². The third-order valence-corrected chi connectivity index (χ3v) is 5.66. The van der Waals surface area contributed by atoms with Gasteiger partial charge in [0.25, 0.3) is 6.43 Å². The third kappa shape index (κ3) is 5.63. The molecule has 0 fully saturated rings. The van der Waals surface area contributed by atoms with E-state index in [4.69, 9.17) is 11.6 Å². The first-order valence-corrected chi connectivity index (χ1v) is 10.8. The van der Waals surface area contributed by atoms with Crippen LogP contribution < -0.4 is 11.0 Å². The van der Waals surface area contributed by atoms with Gasteiger partial charge in [0.2, 0.25) is 5.91 Å². The molecule has 1 heterocycles. The molecule has 0 atom stereocenters. The number of benzene rings is 2. The van der Waals surface area contributed by atoms with E-state index in [-0.39, 0.29) is 18.2 Å². The molecule has 6 nitrogen and oxygen atoms in total. The summed E-state index contributed by atoms with van der Waals surface area (Å²) in [6.07, 6.45) is -2.79. The summed E-state index contributed by atoms with van der Waals surface area (Å²) in [6, 6.07) is 12.5. The number of amides is 1. The van der Waals surface area contributed by atoms with Crippen molar-refractivity contribution < 1.29 is 13.6 Å². The average molecular weight is 475 g/mol. The van der Waals surface area contributed by atoms with Gasteiger partial charge >= 0.3 is 5.69 Å². The van der Waals surface area contributed by atoms with E-state index in [1.807, 2.05) is 24.3 Å². The lowest BCUT2D eigenvalue weighted by Gasteiger charge is -2.22. The number of carbonyl (C=O) groups excluding carboxylic acids is 1. The Labute approximate surface area is 195 Å². The van der Waals surface area contributed by atoms with Gasteiger partial charge in [-0.25, -0.2) is 18.6 Å². The van der Waals surface area contributed by atoms with Gasteiger partial charge in [-0.15, -0.1) is 0 Å². The van der Waals surface area contributed by atoms with Gasteiger partial charge in [0, 0.05) is 17.7 Å². The molecule has 3 aromatic rings. The predicted molar refractivity (Wildman–Crippen MR) is 124 cm³/mol. The molecule has 1 amide bonds. The van der Waals surface area contributed by atoms with Crippen molar-refractivity contribution >= 4 is 17.5 Å². The molecule has 0 saturated heterocycles. The van der Waals surface area contributed by atoms with Gasteiger partial charge in [-0.05, 0) is 49.1 Å². The lowest BCUT2D eigenvalue weighted by molar-refractivity contribution is -0.137. The molecule has 0 saturated carbocycles. The van der Waals surface area contributed by atoms with Crippen LogP contribution in [0.2, 0.25) is 5.02 Å². The number of H-pyrrole nitrogens is 1. The van der Waals surface area contributed by atoms with Crippen LogP contribution in [-0.2, 0) is 11.3 Å². The molecule has 0 bridgehead atoms. The van der Waals surface area contributed by atoms with Gasteiger partial charge in [0.1, 0.15) is 11.2 Å². The molecule has 1 aromatic heterocycles. The number of rotatable bonds is 7. The standard InChI is InChI=1S/C24H25ClF2N4O2/c1-13(2)15-6-5-7-16(11-15)19-29-20(31-23(33)30-19)17-10-14(8-9-18(17)25)12-28-22(32)24(3,4)21(26)27/h5-11,13,21H,12H2,1-4H3,(H,28,32)(H,29,30,31,33). The minimum absolute atomic E-state index is 0.0117. The molecular weight excluding hydrogens is 450 g/mol. The zero-order valence-corrected chi connectivity index (χ0v) is 19.5. The Morgan fingerprint density at radius 3 is 2.55 bits per heavy atom. The van der Waals surface area contributed by atoms with Crippen LogP contribution in [0.5, 0.6) is 0 Å². The molecule has 0 spiro atoms. The average Bonchev–Trinajstić information content (AvgIpc) is 2.77. The number of hydrogen-bond donors (Lipinski definition) is 2. The topological polar surface area (TPSA) is 87.7 Å². The first-order chi connectivity index (χ1) is 15.5. The zero-order valence-electron chi connectivity index (χ0n) is 18.7. The fourth-order valence-electron chi connectivity index (χ4n) is 3.05. The predicted octanol–water partition coefficient (Wildman–Crippen LogP) is 5.18. The molecule has 3 rings (SSSR count). The Kier molecular flexibility index (Phi) is 7.27. The highest BCUT2D eigenvalue weighted by Crippen LogP contribution is 2.28. The van der Waals surface area contributed by atoms with E-state index in [9.17, 15) is 18.4 Å². The maximum absolute atomic E-state index is 13.1. The molecule has 0 radical (unpaired) electrons. The van der Waals surface area contributed by atoms with Crippen LogP contribution in [0.3, 0.4) is 0 Å². The van der Waals surface area contributed by atoms with E-state index < -0.39 is 23.4 Å². The molecule has 0 aliphatic carbocycles. The van der Waals surface area contributed by atoms with Crippen molar-refractivity contribution in [1.29, 1.82) is 0 Å². The van der Waals surface area contributed by atoms with Crippen molar-refractivity contribution in [3.8, 4) is 22.8 Å². The highest BCUT2D eigenvalue weighted by Gasteiger charge is 2.37. The molecule has 33 heavy (non-hydrogen) atoms. The number of aromatic amines is 1. The molecule has 0 aliphatic rings. The minimum Gasteiger partial charge on any atom is -0.351 e. The smallest absolute Gasteiger partial charge is 0.348 e. The van der Waals surface area contributed by atoms with E-state index in [1.54, 1.807) is 18.2 Å². The van der Waals surface area contributed by atoms with Crippen molar-refractivity contribution in [3.05, 3.63) is 69.1 Å². The summed E-state index contributed by atoms with van der Waals surface area (Å²) in [5.41, 5.74) is 0.418. The molecule has 2 aromatic carbocycles. The van der Waals surface area contributed by atoms with Crippen molar-refractivity contribution in [2.24, 2.45) is 5.41 Å². The number of carbonyl (C=O) groups is 1. The van der Waals surface area contributed by atoms with Crippen LogP contribution in [0, 0.1) is 5.41 Å². The van der Waals surface area contributed by atoms with E-state index in [0.29, 0.717) is 27.6 Å². The van der Waals surface area contributed by atoms with Crippen LogP contribution in [0.25, 0.3) is 22.8 Å². The maximum atomic E-state index is 13.1. The maximum Gasteiger partial charge on any atom is 0.348 e. The SMILES string of the molecule is CC(C)c1cccc(-c2nc(-c3cc(CNC(=O)C(C)(C)C(F)F)ccc3Cl)[nH]c(=O)n2)c1. The Morgan fingerprint density at radius 1 is 1.15 bits per heavy atom. The Balaban J connectivity index is 1.93. The summed E-state index contributed by atoms with van der Waals surface area (Å²) in [4.78, 5) is 35.5. The van der Waals surface area contributed by atoms with Gasteiger partial charge in [-0.2, -0.15) is 4.98 Å². The number of aromatic nitrogens is 3. The van der Waals surface area contributed by atoms with Gasteiger partial charge in [0.05, 0.1) is 5.02 Å². The Hall–Kier alpha value is -3.13. The van der Waals surface area contributed by atoms with Crippen molar-refractivity contribution in [2.75, 3.05) is 0 Å². The van der Waals surface area contributed by atoms with Crippen molar-refractivity contribution in [2.45, 2.75) is 46.6 Å². The molecule has 2 N–H and O–H groups in total. The van der Waals surface area contributed by atoms with Crippen LogP contribution in [0.4, 0.5) is 8.78 Å². The number of hydrogen-bond acceptors (Lipinski definition) is 4. The summed E-state index contributed by atoms with van der Waals surface area (Å²) >= 11 is 6.36. The quantitative estimate of drug-likeness (QED) is 0.493. The van der Waals surface area contributed by atoms with Crippen LogP contribution in [-0.4, -0.2) is 27.3 Å². The highest BCUT2D eigenvalue weighted by molar-refractivity contribution is 6.33. The molecule has 174 valence electrons. The first kappa shape index (κ1) is 24.5. The van der Waals surface area contributed by atoms with Crippen molar-refractivity contribution in [1.82, 2.24) is 20.3 Å². The number of halogens is 3. The second kappa shape index (κ2) is 9.79. The normalized spacial score (nSPS) is 11.8. The lowest BCUT2D eigenvalue weighted by atomic mass is 9.93. The van der Waals surface area contributed by atoms with Crippen LogP contribution >= 0.6 is 11.6 Å². The fourth-order valence-corrected chi connectivity index (χ4v) is 3.26. The molecule has 9 heteroatoms. The molecular formula is C24H25ClF2N4O2. The summed E-state index contributed by atoms with van der Waals surface area (Å²) in [5, 5.41) is 2.85. The van der Waals surface area contributed by atoms with Crippen molar-refractivity contribution in [3.63, 3.8) is 0 Å². The van der Waals surface area contributed by atoms with Gasteiger partial charge in [0.15, 0.2) is 5.82 Å². The second-order valence-electron chi connectivity index (χ2n) is 8.63. The first-order valence-electron chi connectivity index (χ1n) is 10.4. The van der Waals surface area contributed by atoms with E-state index in [2.05, 4.69) is 34.1 Å². The summed E-state index contributed by atoms with van der Waals surface area (Å²) in [6.45, 7) is 6.51. The summed E-state index contributed by atoms with van der Waals surface area (Å²) < 4.78 is 26.2. The summed E-state index contributed by atoms with van der Waals surface area (Å²) in [5.74, 6) is -0.00434. The third-order valence-electron chi connectivity index (χ3n) is 5.33. The van der Waals surface area contributed by atoms with Gasteiger partial charge in [-0.1, -0.05) is 49.7 Å².